The summed E-state index contributed by atoms with van der Waals surface area (Å²) in [4.78, 5) is 0. The normalized spacial score (nSPS) is 14.2. The minimum atomic E-state index is -3.45. The highest BCUT2D eigenvalue weighted by atomic mass is 35.5. The Bertz CT molecular complexity index is 223. The zero-order chi connectivity index (χ0) is 8.91. The van der Waals surface area contributed by atoms with Gasteiger partial charge < -0.3 is 18.1 Å². The van der Waals surface area contributed by atoms with E-state index in [0.29, 0.717) is 0 Å². The molecule has 0 radical (unpaired) electrons. The zero-order valence-corrected chi connectivity index (χ0v) is 8.73. The van der Waals surface area contributed by atoms with E-state index in [1.807, 2.05) is 0 Å². The molecule has 0 unspecified atom stereocenters. The molecule has 0 aliphatic rings. The Hall–Kier alpha value is -0.100. The molecule has 0 bridgehead atoms. The minimum absolute atomic E-state index is 0. The summed E-state index contributed by atoms with van der Waals surface area (Å²) in [5.74, 6) is 0. The SMILES string of the molecule is CCOS(=O)(=O)/C=C/[C@H](C)[NH3+].[Cl-]. The number of quaternary nitrogens is 1. The highest BCUT2D eigenvalue weighted by Gasteiger charge is 2.03. The lowest BCUT2D eigenvalue weighted by Gasteiger charge is -1.95. The monoisotopic (exact) mass is 215 g/mol. The van der Waals surface area contributed by atoms with Crippen LogP contribution in [-0.4, -0.2) is 21.1 Å². The molecule has 1 atom stereocenters. The maximum Gasteiger partial charge on any atom is 0.289 e. The van der Waals surface area contributed by atoms with Gasteiger partial charge in [-0.25, -0.2) is 0 Å². The minimum Gasteiger partial charge on any atom is -1.00 e. The Balaban J connectivity index is 0. The molecule has 0 saturated carbocycles. The summed E-state index contributed by atoms with van der Waals surface area (Å²) >= 11 is 0. The van der Waals surface area contributed by atoms with Gasteiger partial charge in [0.15, 0.2) is 0 Å². The Labute approximate surface area is 79.3 Å². The van der Waals surface area contributed by atoms with E-state index in [-0.39, 0.29) is 25.1 Å². The van der Waals surface area contributed by atoms with Crippen LogP contribution in [0.25, 0.3) is 0 Å². The molecule has 0 aromatic heterocycles. The number of hydrogen-bond donors (Lipinski definition) is 1. The fraction of sp³-hybridized carbons (Fsp3) is 0.667. The van der Waals surface area contributed by atoms with E-state index >= 15 is 0 Å². The fourth-order valence-electron chi connectivity index (χ4n) is 0.434. The molecule has 0 aliphatic heterocycles. The van der Waals surface area contributed by atoms with Crippen molar-refractivity contribution in [2.45, 2.75) is 19.9 Å². The van der Waals surface area contributed by atoms with Crippen molar-refractivity contribution in [1.29, 1.82) is 0 Å². The molecule has 6 heteroatoms. The van der Waals surface area contributed by atoms with Crippen molar-refractivity contribution in [1.82, 2.24) is 0 Å². The van der Waals surface area contributed by atoms with Crippen LogP contribution in [0.5, 0.6) is 0 Å². The number of rotatable bonds is 4. The van der Waals surface area contributed by atoms with Crippen molar-refractivity contribution in [3.05, 3.63) is 11.5 Å². The van der Waals surface area contributed by atoms with Crippen LogP contribution in [0.15, 0.2) is 11.5 Å². The van der Waals surface area contributed by atoms with Crippen LogP contribution < -0.4 is 18.1 Å². The van der Waals surface area contributed by atoms with E-state index in [1.54, 1.807) is 13.8 Å². The second kappa shape index (κ2) is 6.42. The molecule has 4 nitrogen and oxygen atoms in total. The van der Waals surface area contributed by atoms with Crippen molar-refractivity contribution in [3.8, 4) is 0 Å². The summed E-state index contributed by atoms with van der Waals surface area (Å²) in [5.41, 5.74) is 3.59. The van der Waals surface area contributed by atoms with Gasteiger partial charge >= 0.3 is 0 Å². The average Bonchev–Trinajstić information content (AvgIpc) is 1.84. The summed E-state index contributed by atoms with van der Waals surface area (Å²) < 4.78 is 26.0. The summed E-state index contributed by atoms with van der Waals surface area (Å²) in [6, 6.07) is -0.0229. The second-order valence-corrected chi connectivity index (χ2v) is 3.70. The highest BCUT2D eigenvalue weighted by molar-refractivity contribution is 7.89. The smallest absolute Gasteiger partial charge is 0.289 e. The third-order valence-electron chi connectivity index (χ3n) is 0.856. The molecule has 0 fully saturated rings. The predicted octanol–water partition coefficient (Wildman–Crippen LogP) is -3.50. The molecule has 0 aliphatic carbocycles. The van der Waals surface area contributed by atoms with Gasteiger partial charge in [-0.1, -0.05) is 0 Å². The van der Waals surface area contributed by atoms with E-state index in [0.717, 1.165) is 5.41 Å². The van der Waals surface area contributed by atoms with Gasteiger partial charge in [0.05, 0.1) is 12.0 Å². The largest absolute Gasteiger partial charge is 1.00 e. The van der Waals surface area contributed by atoms with Crippen molar-refractivity contribution < 1.29 is 30.7 Å². The van der Waals surface area contributed by atoms with Gasteiger partial charge in [-0.3, -0.25) is 4.18 Å². The van der Waals surface area contributed by atoms with Gasteiger partial charge in [-0.15, -0.1) is 0 Å². The lowest BCUT2D eigenvalue weighted by atomic mass is 10.4. The first-order valence-corrected chi connectivity index (χ1v) is 4.86. The van der Waals surface area contributed by atoms with Crippen molar-refractivity contribution in [2.75, 3.05) is 6.61 Å². The molecule has 0 aromatic carbocycles. The standard InChI is InChI=1S/C6H13NO3S.ClH/c1-3-10-11(8,9)5-4-6(2)7;/h4-6H,3,7H2,1-2H3;1H/b5-4+;/t6-;/m0./s1. The van der Waals surface area contributed by atoms with Crippen LogP contribution >= 0.6 is 0 Å². The Kier molecular flexibility index (Phi) is 7.72. The molecule has 3 N–H and O–H groups in total. The molecule has 0 rings (SSSR count). The topological polar surface area (TPSA) is 71.0 Å². The molecule has 74 valence electrons. The van der Waals surface area contributed by atoms with Gasteiger partial charge in [0, 0.05) is 0 Å². The molecule has 0 aromatic rings. The van der Waals surface area contributed by atoms with E-state index < -0.39 is 10.1 Å². The summed E-state index contributed by atoms with van der Waals surface area (Å²) in [5, 5.41) is 1.04. The Morgan fingerprint density at radius 3 is 2.42 bits per heavy atom. The van der Waals surface area contributed by atoms with Crippen LogP contribution in [0.2, 0.25) is 0 Å². The first-order chi connectivity index (χ1) is 4.98. The van der Waals surface area contributed by atoms with Gasteiger partial charge in [0.2, 0.25) is 0 Å². The molecular weight excluding hydrogens is 202 g/mol. The Morgan fingerprint density at radius 2 is 2.08 bits per heavy atom. The van der Waals surface area contributed by atoms with E-state index in [1.165, 1.54) is 6.08 Å². The van der Waals surface area contributed by atoms with E-state index in [2.05, 4.69) is 9.92 Å². The van der Waals surface area contributed by atoms with Crippen LogP contribution in [0, 0.1) is 0 Å². The fourth-order valence-corrected chi connectivity index (χ4v) is 1.30. The van der Waals surface area contributed by atoms with Crippen LogP contribution in [-0.2, 0) is 14.3 Å². The van der Waals surface area contributed by atoms with Crippen LogP contribution in [0.4, 0.5) is 0 Å². The maximum atomic E-state index is 10.8. The quantitative estimate of drug-likeness (QED) is 0.495. The first kappa shape index (κ1) is 14.4. The van der Waals surface area contributed by atoms with Gasteiger partial charge in [0.25, 0.3) is 10.1 Å². The highest BCUT2D eigenvalue weighted by Crippen LogP contribution is 1.94. The zero-order valence-electron chi connectivity index (χ0n) is 7.16. The molecule has 0 amide bonds. The molecular formula is C6H14ClNO3S. The third kappa shape index (κ3) is 8.00. The van der Waals surface area contributed by atoms with E-state index in [9.17, 15) is 8.42 Å². The molecule has 0 heterocycles. The van der Waals surface area contributed by atoms with Crippen LogP contribution in [0.1, 0.15) is 13.8 Å². The van der Waals surface area contributed by atoms with Crippen LogP contribution in [0.3, 0.4) is 0 Å². The number of hydrogen-bond acceptors (Lipinski definition) is 3. The average molecular weight is 216 g/mol. The summed E-state index contributed by atoms with van der Waals surface area (Å²) in [7, 11) is -3.45. The van der Waals surface area contributed by atoms with Crippen molar-refractivity contribution in [2.24, 2.45) is 0 Å². The summed E-state index contributed by atoms with van der Waals surface area (Å²) in [6.45, 7) is 3.58. The molecule has 12 heavy (non-hydrogen) atoms. The van der Waals surface area contributed by atoms with Crippen molar-refractivity contribution >= 4 is 10.1 Å². The maximum absolute atomic E-state index is 10.8. The van der Waals surface area contributed by atoms with Crippen molar-refractivity contribution in [3.63, 3.8) is 0 Å². The molecule has 0 spiro atoms. The summed E-state index contributed by atoms with van der Waals surface area (Å²) in [6.07, 6.45) is 1.48. The van der Waals surface area contributed by atoms with Gasteiger partial charge in [-0.2, -0.15) is 8.42 Å². The Morgan fingerprint density at radius 1 is 1.58 bits per heavy atom. The lowest BCUT2D eigenvalue weighted by Crippen LogP contribution is -3.00. The van der Waals surface area contributed by atoms with E-state index in [4.69, 9.17) is 0 Å². The second-order valence-electron chi connectivity index (χ2n) is 2.21. The number of halogens is 1. The predicted molar refractivity (Wildman–Crippen MR) is 42.0 cm³/mol. The van der Waals surface area contributed by atoms with Gasteiger partial charge in [0.1, 0.15) is 6.04 Å². The molecule has 0 saturated heterocycles. The third-order valence-corrected chi connectivity index (χ3v) is 1.91. The lowest BCUT2D eigenvalue weighted by molar-refractivity contribution is -0.397. The first-order valence-electron chi connectivity index (χ1n) is 3.38. The van der Waals surface area contributed by atoms with Gasteiger partial charge in [-0.05, 0) is 19.9 Å².